The molecule has 1 heterocycles. The van der Waals surface area contributed by atoms with E-state index >= 15 is 0 Å². The van der Waals surface area contributed by atoms with E-state index in [4.69, 9.17) is 5.11 Å². The molecule has 0 unspecified atom stereocenters. The van der Waals surface area contributed by atoms with Gasteiger partial charge in [0.05, 0.1) is 0 Å². The topological polar surface area (TPSA) is 77.9 Å². The Hall–Kier alpha value is -1.51. The van der Waals surface area contributed by atoms with Crippen LogP contribution in [0.5, 0.6) is 0 Å². The summed E-state index contributed by atoms with van der Waals surface area (Å²) in [6, 6.07) is 5.90. The summed E-state index contributed by atoms with van der Waals surface area (Å²) in [7, 11) is -3.82. The summed E-state index contributed by atoms with van der Waals surface area (Å²) in [6.45, 7) is -0.408. The molecule has 1 aromatic rings. The summed E-state index contributed by atoms with van der Waals surface area (Å²) >= 11 is 0. The Morgan fingerprint density at radius 1 is 1.26 bits per heavy atom. The highest BCUT2D eigenvalue weighted by molar-refractivity contribution is 7.87. The van der Waals surface area contributed by atoms with Crippen molar-refractivity contribution in [2.75, 3.05) is 19.6 Å². The van der Waals surface area contributed by atoms with Crippen molar-refractivity contribution in [3.05, 3.63) is 35.6 Å². The zero-order valence-corrected chi connectivity index (χ0v) is 10.8. The molecule has 0 radical (unpaired) electrons. The average Bonchev–Trinajstić information content (AvgIpc) is 2.58. The fourth-order valence-corrected chi connectivity index (χ4v) is 3.43. The van der Waals surface area contributed by atoms with Crippen LogP contribution in [0.25, 0.3) is 0 Å². The molecule has 19 heavy (non-hydrogen) atoms. The van der Waals surface area contributed by atoms with Crippen LogP contribution in [0.3, 0.4) is 0 Å². The molecule has 0 amide bonds. The molecule has 0 aliphatic carbocycles. The van der Waals surface area contributed by atoms with Gasteiger partial charge in [-0.25, -0.2) is 4.39 Å². The molecule has 1 aliphatic rings. The number of carboxylic acid groups (broad SMARTS) is 1. The van der Waals surface area contributed by atoms with Crippen molar-refractivity contribution in [2.45, 2.75) is 6.54 Å². The van der Waals surface area contributed by atoms with Crippen LogP contribution in [-0.2, 0) is 21.5 Å². The molecule has 1 saturated heterocycles. The van der Waals surface area contributed by atoms with Gasteiger partial charge in [-0.05, 0) is 6.07 Å². The molecule has 0 spiro atoms. The van der Waals surface area contributed by atoms with Gasteiger partial charge in [-0.2, -0.15) is 17.0 Å². The highest BCUT2D eigenvalue weighted by atomic mass is 32.2. The maximum absolute atomic E-state index is 13.5. The van der Waals surface area contributed by atoms with Crippen molar-refractivity contribution < 1.29 is 22.7 Å². The Morgan fingerprint density at radius 2 is 1.89 bits per heavy atom. The van der Waals surface area contributed by atoms with Gasteiger partial charge >= 0.3 is 5.97 Å². The van der Waals surface area contributed by atoms with Crippen LogP contribution < -0.4 is 0 Å². The fraction of sp³-hybridized carbons (Fsp3) is 0.364. The molecular formula is C11H13FN2O4S. The van der Waals surface area contributed by atoms with Gasteiger partial charge in [-0.1, -0.05) is 18.2 Å². The van der Waals surface area contributed by atoms with Crippen LogP contribution in [0.1, 0.15) is 5.56 Å². The standard InChI is InChI=1S/C11H13FN2O4S/c12-10-4-2-1-3-9(10)7-13-5-6-14(8-11(15)16)19(13,17)18/h1-4H,5-8H2,(H,15,16). The molecule has 0 atom stereocenters. The van der Waals surface area contributed by atoms with Crippen LogP contribution in [-0.4, -0.2) is 47.7 Å². The van der Waals surface area contributed by atoms with E-state index in [9.17, 15) is 17.6 Å². The minimum atomic E-state index is -3.82. The summed E-state index contributed by atoms with van der Waals surface area (Å²) in [6.07, 6.45) is 0. The summed E-state index contributed by atoms with van der Waals surface area (Å²) in [5.41, 5.74) is 0.267. The quantitative estimate of drug-likeness (QED) is 0.863. The van der Waals surface area contributed by atoms with Crippen molar-refractivity contribution in [1.29, 1.82) is 0 Å². The Labute approximate surface area is 110 Å². The highest BCUT2D eigenvalue weighted by Gasteiger charge is 2.37. The van der Waals surface area contributed by atoms with Crippen LogP contribution in [0.15, 0.2) is 24.3 Å². The number of hydrogen-bond donors (Lipinski definition) is 1. The molecule has 0 aromatic heterocycles. The Bertz CT molecular complexity index is 590. The molecular weight excluding hydrogens is 275 g/mol. The number of nitrogens with zero attached hydrogens (tertiary/aromatic N) is 2. The lowest BCUT2D eigenvalue weighted by Gasteiger charge is -2.17. The van der Waals surface area contributed by atoms with Crippen molar-refractivity contribution >= 4 is 16.2 Å². The van der Waals surface area contributed by atoms with Gasteiger partial charge in [0.25, 0.3) is 10.2 Å². The second-order valence-corrected chi connectivity index (χ2v) is 6.09. The van der Waals surface area contributed by atoms with E-state index < -0.39 is 28.5 Å². The maximum Gasteiger partial charge on any atom is 0.318 e. The molecule has 1 N–H and O–H groups in total. The first-order valence-corrected chi connectivity index (χ1v) is 7.01. The number of halogens is 1. The third kappa shape index (κ3) is 2.91. The molecule has 0 saturated carbocycles. The Balaban J connectivity index is 2.15. The van der Waals surface area contributed by atoms with Crippen LogP contribution in [0.4, 0.5) is 4.39 Å². The zero-order valence-electron chi connectivity index (χ0n) is 9.99. The lowest BCUT2D eigenvalue weighted by Crippen LogP contribution is -2.36. The van der Waals surface area contributed by atoms with E-state index in [1.54, 1.807) is 6.07 Å². The highest BCUT2D eigenvalue weighted by Crippen LogP contribution is 2.20. The number of carbonyl (C=O) groups is 1. The van der Waals surface area contributed by atoms with E-state index in [1.165, 1.54) is 18.2 Å². The number of carboxylic acids is 1. The minimum Gasteiger partial charge on any atom is -0.480 e. The smallest absolute Gasteiger partial charge is 0.318 e. The van der Waals surface area contributed by atoms with Crippen LogP contribution in [0.2, 0.25) is 0 Å². The fourth-order valence-electron chi connectivity index (χ4n) is 1.91. The van der Waals surface area contributed by atoms with Gasteiger partial charge < -0.3 is 5.11 Å². The first-order chi connectivity index (χ1) is 8.91. The number of rotatable bonds is 4. The van der Waals surface area contributed by atoms with E-state index in [-0.39, 0.29) is 25.2 Å². The van der Waals surface area contributed by atoms with Crippen molar-refractivity contribution in [3.63, 3.8) is 0 Å². The van der Waals surface area contributed by atoms with Crippen LogP contribution in [0, 0.1) is 5.82 Å². The lowest BCUT2D eigenvalue weighted by atomic mass is 10.2. The molecule has 2 rings (SSSR count). The van der Waals surface area contributed by atoms with Gasteiger partial charge in [-0.15, -0.1) is 0 Å². The van der Waals surface area contributed by atoms with Crippen molar-refractivity contribution in [3.8, 4) is 0 Å². The first-order valence-electron chi connectivity index (χ1n) is 5.61. The zero-order chi connectivity index (χ0) is 14.0. The normalized spacial score (nSPS) is 19.6. The average molecular weight is 288 g/mol. The third-order valence-corrected chi connectivity index (χ3v) is 4.80. The summed E-state index contributed by atoms with van der Waals surface area (Å²) < 4.78 is 39.4. The predicted molar refractivity (Wildman–Crippen MR) is 64.9 cm³/mol. The van der Waals surface area contributed by atoms with E-state index in [0.717, 1.165) is 8.61 Å². The Kier molecular flexibility index (Phi) is 3.83. The van der Waals surface area contributed by atoms with E-state index in [1.807, 2.05) is 0 Å². The van der Waals surface area contributed by atoms with Crippen LogP contribution >= 0.6 is 0 Å². The molecule has 1 fully saturated rings. The summed E-state index contributed by atoms with van der Waals surface area (Å²) in [5.74, 6) is -1.69. The second kappa shape index (κ2) is 5.24. The lowest BCUT2D eigenvalue weighted by molar-refractivity contribution is -0.137. The number of hydrogen-bond acceptors (Lipinski definition) is 3. The SMILES string of the molecule is O=C(O)CN1CCN(Cc2ccccc2F)S1(=O)=O. The van der Waals surface area contributed by atoms with Gasteiger partial charge in [0.2, 0.25) is 0 Å². The van der Waals surface area contributed by atoms with E-state index in [0.29, 0.717) is 0 Å². The van der Waals surface area contributed by atoms with Crippen molar-refractivity contribution in [1.82, 2.24) is 8.61 Å². The number of aliphatic carboxylic acids is 1. The van der Waals surface area contributed by atoms with Crippen molar-refractivity contribution in [2.24, 2.45) is 0 Å². The molecule has 0 bridgehead atoms. The summed E-state index contributed by atoms with van der Waals surface area (Å²) in [4.78, 5) is 10.6. The molecule has 8 heteroatoms. The Morgan fingerprint density at radius 3 is 2.53 bits per heavy atom. The predicted octanol–water partition coefficient (Wildman–Crippen LogP) is 0.273. The largest absolute Gasteiger partial charge is 0.480 e. The molecule has 1 aromatic carbocycles. The van der Waals surface area contributed by atoms with Gasteiger partial charge in [0, 0.05) is 25.2 Å². The van der Waals surface area contributed by atoms with Gasteiger partial charge in [0.15, 0.2) is 0 Å². The van der Waals surface area contributed by atoms with Gasteiger partial charge in [-0.3, -0.25) is 4.79 Å². The van der Waals surface area contributed by atoms with Gasteiger partial charge in [0.1, 0.15) is 12.4 Å². The maximum atomic E-state index is 13.5. The molecule has 104 valence electrons. The minimum absolute atomic E-state index is 0.0921. The van der Waals surface area contributed by atoms with E-state index in [2.05, 4.69) is 0 Å². The second-order valence-electron chi connectivity index (χ2n) is 4.16. The molecule has 1 aliphatic heterocycles. The molecule has 6 nitrogen and oxygen atoms in total. The third-order valence-electron chi connectivity index (χ3n) is 2.87. The number of benzene rings is 1. The summed E-state index contributed by atoms with van der Waals surface area (Å²) in [5, 5.41) is 8.64. The monoisotopic (exact) mass is 288 g/mol. The first kappa shape index (κ1) is 13.9.